The van der Waals surface area contributed by atoms with Gasteiger partial charge in [-0.1, -0.05) is 42.8 Å². The van der Waals surface area contributed by atoms with E-state index in [1.54, 1.807) is 11.3 Å². The summed E-state index contributed by atoms with van der Waals surface area (Å²) in [5.74, 6) is 0.302. The molecule has 1 saturated carbocycles. The Labute approximate surface area is 130 Å². The zero-order chi connectivity index (χ0) is 14.7. The van der Waals surface area contributed by atoms with Crippen molar-refractivity contribution in [1.29, 1.82) is 0 Å². The average Bonchev–Trinajstić information content (AvgIpc) is 2.97. The van der Waals surface area contributed by atoms with Gasteiger partial charge in [0.15, 0.2) is 0 Å². The fourth-order valence-corrected chi connectivity index (χ4v) is 3.85. The van der Waals surface area contributed by atoms with Crippen LogP contribution in [0, 0.1) is 0 Å². The van der Waals surface area contributed by atoms with E-state index in [4.69, 9.17) is 0 Å². The summed E-state index contributed by atoms with van der Waals surface area (Å²) in [6, 6.07) is 14.5. The molecule has 1 aliphatic carbocycles. The van der Waals surface area contributed by atoms with Gasteiger partial charge in [0.1, 0.15) is 0 Å². The molecule has 1 fully saturated rings. The molecule has 1 aromatic carbocycles. The van der Waals surface area contributed by atoms with Gasteiger partial charge < -0.3 is 4.90 Å². The Morgan fingerprint density at radius 3 is 2.48 bits per heavy atom. The number of hydrogen-bond acceptors (Lipinski definition) is 2. The van der Waals surface area contributed by atoms with Crippen molar-refractivity contribution in [1.82, 2.24) is 4.90 Å². The number of carbonyl (C=O) groups is 1. The monoisotopic (exact) mass is 299 g/mol. The first-order valence-electron chi connectivity index (χ1n) is 7.63. The quantitative estimate of drug-likeness (QED) is 0.809. The van der Waals surface area contributed by atoms with Crippen LogP contribution in [0.15, 0.2) is 47.8 Å². The van der Waals surface area contributed by atoms with Crippen LogP contribution < -0.4 is 0 Å². The highest BCUT2D eigenvalue weighted by atomic mass is 32.1. The molecule has 0 aliphatic heterocycles. The Morgan fingerprint density at radius 2 is 1.95 bits per heavy atom. The maximum atomic E-state index is 13.1. The van der Waals surface area contributed by atoms with Crippen molar-refractivity contribution in [2.75, 3.05) is 6.54 Å². The molecule has 0 saturated heterocycles. The summed E-state index contributed by atoms with van der Waals surface area (Å²) in [6.45, 7) is 3.58. The van der Waals surface area contributed by atoms with Crippen molar-refractivity contribution in [3.8, 4) is 0 Å². The summed E-state index contributed by atoms with van der Waals surface area (Å²) in [6.07, 6.45) is 3.12. The van der Waals surface area contributed by atoms with Crippen molar-refractivity contribution in [3.63, 3.8) is 0 Å². The number of amides is 1. The fourth-order valence-electron chi connectivity index (χ4n) is 3.13. The molecule has 0 bridgehead atoms. The molecule has 1 aromatic heterocycles. The molecule has 0 N–H and O–H groups in total. The van der Waals surface area contributed by atoms with Gasteiger partial charge in [-0.15, -0.1) is 11.3 Å². The van der Waals surface area contributed by atoms with Crippen LogP contribution in [0.1, 0.15) is 36.6 Å². The maximum Gasteiger partial charge on any atom is 0.233 e. The molecule has 2 aromatic rings. The largest absolute Gasteiger partial charge is 0.337 e. The zero-order valence-corrected chi connectivity index (χ0v) is 13.2. The minimum absolute atomic E-state index is 0.269. The van der Waals surface area contributed by atoms with E-state index in [0.29, 0.717) is 5.91 Å². The molecule has 1 heterocycles. The Kier molecular flexibility index (Phi) is 4.11. The van der Waals surface area contributed by atoms with Crippen molar-refractivity contribution in [2.24, 2.45) is 0 Å². The van der Waals surface area contributed by atoms with E-state index in [1.807, 2.05) is 23.1 Å². The van der Waals surface area contributed by atoms with E-state index < -0.39 is 0 Å². The van der Waals surface area contributed by atoms with Gasteiger partial charge in [-0.05, 0) is 36.8 Å². The number of thiophene rings is 1. The van der Waals surface area contributed by atoms with Gasteiger partial charge in [-0.2, -0.15) is 0 Å². The third-order valence-corrected chi connectivity index (χ3v) is 5.40. The van der Waals surface area contributed by atoms with Crippen LogP contribution in [-0.2, 0) is 16.8 Å². The topological polar surface area (TPSA) is 20.3 Å². The molecule has 3 rings (SSSR count). The molecule has 0 radical (unpaired) electrons. The van der Waals surface area contributed by atoms with Crippen LogP contribution in [-0.4, -0.2) is 17.4 Å². The lowest BCUT2D eigenvalue weighted by atomic mass is 9.63. The summed E-state index contributed by atoms with van der Waals surface area (Å²) in [5, 5.41) is 2.07. The normalized spacial score (nSPS) is 16.2. The molecule has 0 atom stereocenters. The molecule has 0 spiro atoms. The second-order valence-corrected chi connectivity index (χ2v) is 6.73. The van der Waals surface area contributed by atoms with Gasteiger partial charge in [0.25, 0.3) is 0 Å². The van der Waals surface area contributed by atoms with E-state index in [1.165, 1.54) is 10.4 Å². The summed E-state index contributed by atoms with van der Waals surface area (Å²) in [4.78, 5) is 16.4. The van der Waals surface area contributed by atoms with Crippen LogP contribution >= 0.6 is 11.3 Å². The molecule has 2 nitrogen and oxygen atoms in total. The van der Waals surface area contributed by atoms with Gasteiger partial charge in [0, 0.05) is 11.4 Å². The van der Waals surface area contributed by atoms with Gasteiger partial charge in [-0.3, -0.25) is 4.79 Å². The highest BCUT2D eigenvalue weighted by molar-refractivity contribution is 7.09. The Balaban J connectivity index is 1.84. The maximum absolute atomic E-state index is 13.1. The highest BCUT2D eigenvalue weighted by Crippen LogP contribution is 2.45. The fraction of sp³-hybridized carbons (Fsp3) is 0.389. The van der Waals surface area contributed by atoms with E-state index in [-0.39, 0.29) is 5.41 Å². The molecular formula is C18H21NOS. The first-order chi connectivity index (χ1) is 10.3. The van der Waals surface area contributed by atoms with Crippen molar-refractivity contribution >= 4 is 17.2 Å². The third-order valence-electron chi connectivity index (χ3n) is 4.54. The van der Waals surface area contributed by atoms with Crippen LogP contribution in [0.3, 0.4) is 0 Å². The minimum atomic E-state index is -0.269. The molecule has 0 unspecified atom stereocenters. The van der Waals surface area contributed by atoms with E-state index in [9.17, 15) is 4.79 Å². The standard InChI is InChI=1S/C18H21NOS/c1-2-19(14-16-10-6-13-21-16)17(20)18(11-7-12-18)15-8-4-3-5-9-15/h3-6,8-10,13H,2,7,11-12,14H2,1H3. The number of benzene rings is 1. The first-order valence-corrected chi connectivity index (χ1v) is 8.51. The van der Waals surface area contributed by atoms with Crippen molar-refractivity contribution in [2.45, 2.75) is 38.1 Å². The first kappa shape index (κ1) is 14.3. The Morgan fingerprint density at radius 1 is 1.19 bits per heavy atom. The third kappa shape index (κ3) is 2.62. The van der Waals surface area contributed by atoms with Gasteiger partial charge >= 0.3 is 0 Å². The van der Waals surface area contributed by atoms with Crippen LogP contribution in [0.5, 0.6) is 0 Å². The molecule has 1 amide bonds. The Bertz CT molecular complexity index is 587. The molecule has 21 heavy (non-hydrogen) atoms. The smallest absolute Gasteiger partial charge is 0.233 e. The number of rotatable bonds is 5. The summed E-state index contributed by atoms with van der Waals surface area (Å²) in [5.41, 5.74) is 0.917. The summed E-state index contributed by atoms with van der Waals surface area (Å²) < 4.78 is 0. The van der Waals surface area contributed by atoms with Crippen molar-refractivity contribution in [3.05, 3.63) is 58.3 Å². The molecular weight excluding hydrogens is 278 g/mol. The van der Waals surface area contributed by atoms with Crippen molar-refractivity contribution < 1.29 is 4.79 Å². The molecule has 110 valence electrons. The average molecular weight is 299 g/mol. The lowest BCUT2D eigenvalue weighted by Crippen LogP contribution is -2.50. The minimum Gasteiger partial charge on any atom is -0.337 e. The lowest BCUT2D eigenvalue weighted by molar-refractivity contribution is -0.141. The van der Waals surface area contributed by atoms with Crippen LogP contribution in [0.25, 0.3) is 0 Å². The predicted octanol–water partition coefficient (Wildman–Crippen LogP) is 4.22. The number of hydrogen-bond donors (Lipinski definition) is 0. The second kappa shape index (κ2) is 6.02. The SMILES string of the molecule is CCN(Cc1cccs1)C(=O)C1(c2ccccc2)CCC1. The number of nitrogens with zero attached hydrogens (tertiary/aromatic N) is 1. The lowest BCUT2D eigenvalue weighted by Gasteiger charge is -2.43. The summed E-state index contributed by atoms with van der Waals surface area (Å²) in [7, 11) is 0. The molecule has 1 aliphatic rings. The number of carbonyl (C=O) groups excluding carboxylic acids is 1. The number of likely N-dealkylation sites (N-methyl/N-ethyl adjacent to an activating group) is 1. The van der Waals surface area contributed by atoms with Crippen LogP contribution in [0.2, 0.25) is 0 Å². The molecule has 3 heteroatoms. The van der Waals surface area contributed by atoms with E-state index in [0.717, 1.165) is 32.4 Å². The second-order valence-electron chi connectivity index (χ2n) is 5.70. The predicted molar refractivity (Wildman–Crippen MR) is 87.4 cm³/mol. The van der Waals surface area contributed by atoms with Gasteiger partial charge in [0.2, 0.25) is 5.91 Å². The van der Waals surface area contributed by atoms with E-state index in [2.05, 4.69) is 36.6 Å². The van der Waals surface area contributed by atoms with Gasteiger partial charge in [-0.25, -0.2) is 0 Å². The van der Waals surface area contributed by atoms with Gasteiger partial charge in [0.05, 0.1) is 12.0 Å². The summed E-state index contributed by atoms with van der Waals surface area (Å²) >= 11 is 1.72. The Hall–Kier alpha value is -1.61. The van der Waals surface area contributed by atoms with Crippen LogP contribution in [0.4, 0.5) is 0 Å². The van der Waals surface area contributed by atoms with E-state index >= 15 is 0 Å². The highest BCUT2D eigenvalue weighted by Gasteiger charge is 2.47. The zero-order valence-electron chi connectivity index (χ0n) is 12.4.